The number of hydrogen-bond acceptors (Lipinski definition) is 1. The van der Waals surface area contributed by atoms with Crippen molar-refractivity contribution in [3.8, 4) is 0 Å². The number of fused-ring (bicyclic) bond motifs is 1. The quantitative estimate of drug-likeness (QED) is 0.879. The van der Waals surface area contributed by atoms with E-state index in [9.17, 15) is 0 Å². The Balaban J connectivity index is 2.59. The molecule has 1 aromatic carbocycles. The number of benzene rings is 1. The Bertz CT molecular complexity index is 549. The van der Waals surface area contributed by atoms with E-state index in [0.717, 1.165) is 4.47 Å². The van der Waals surface area contributed by atoms with Crippen LogP contribution in [0.5, 0.6) is 0 Å². The molecule has 0 saturated carbocycles. The van der Waals surface area contributed by atoms with Gasteiger partial charge in [0.1, 0.15) is 0 Å². The van der Waals surface area contributed by atoms with Crippen LogP contribution in [0.1, 0.15) is 33.7 Å². The number of aromatic nitrogens is 1. The lowest BCUT2D eigenvalue weighted by atomic mass is 9.82. The third-order valence-corrected chi connectivity index (χ3v) is 3.86. The lowest BCUT2D eigenvalue weighted by Gasteiger charge is -2.35. The molecular formula is C15H21BrN2. The van der Waals surface area contributed by atoms with Crippen molar-refractivity contribution in [3.05, 3.63) is 34.9 Å². The van der Waals surface area contributed by atoms with E-state index < -0.39 is 0 Å². The summed E-state index contributed by atoms with van der Waals surface area (Å²) in [5, 5.41) is 1.25. The Morgan fingerprint density at radius 1 is 1.22 bits per heavy atom. The Kier molecular flexibility index (Phi) is 3.56. The molecule has 18 heavy (non-hydrogen) atoms. The highest BCUT2D eigenvalue weighted by Gasteiger charge is 2.30. The molecule has 0 aliphatic rings. The van der Waals surface area contributed by atoms with Crippen molar-refractivity contribution in [1.82, 2.24) is 4.57 Å². The number of nitrogens with two attached hydrogens (primary N) is 1. The second-order valence-electron chi connectivity index (χ2n) is 6.10. The van der Waals surface area contributed by atoms with Gasteiger partial charge in [-0.05, 0) is 36.6 Å². The molecule has 0 aliphatic carbocycles. The molecule has 2 N–H and O–H groups in total. The molecule has 2 unspecified atom stereocenters. The van der Waals surface area contributed by atoms with Crippen LogP contribution in [0.4, 0.5) is 0 Å². The summed E-state index contributed by atoms with van der Waals surface area (Å²) < 4.78 is 3.42. The number of hydrogen-bond donors (Lipinski definition) is 1. The first-order valence-corrected chi connectivity index (χ1v) is 7.11. The van der Waals surface area contributed by atoms with Crippen molar-refractivity contribution in [2.45, 2.75) is 39.8 Å². The molecule has 0 saturated heterocycles. The van der Waals surface area contributed by atoms with E-state index in [4.69, 9.17) is 5.73 Å². The molecule has 98 valence electrons. The molecule has 0 radical (unpaired) electrons. The van der Waals surface area contributed by atoms with Gasteiger partial charge >= 0.3 is 0 Å². The summed E-state index contributed by atoms with van der Waals surface area (Å²) in [6, 6.07) is 8.94. The van der Waals surface area contributed by atoms with Crippen molar-refractivity contribution in [2.24, 2.45) is 11.1 Å². The van der Waals surface area contributed by atoms with Gasteiger partial charge < -0.3 is 10.3 Å². The largest absolute Gasteiger partial charge is 0.342 e. The Morgan fingerprint density at radius 2 is 1.89 bits per heavy atom. The minimum Gasteiger partial charge on any atom is -0.342 e. The molecule has 2 rings (SSSR count). The van der Waals surface area contributed by atoms with Gasteiger partial charge in [-0.15, -0.1) is 0 Å². The Morgan fingerprint density at radius 3 is 2.44 bits per heavy atom. The highest BCUT2D eigenvalue weighted by Crippen LogP contribution is 2.35. The third kappa shape index (κ3) is 2.47. The second-order valence-corrected chi connectivity index (χ2v) is 7.01. The summed E-state index contributed by atoms with van der Waals surface area (Å²) >= 11 is 3.51. The summed E-state index contributed by atoms with van der Waals surface area (Å²) in [5.41, 5.74) is 7.58. The van der Waals surface area contributed by atoms with Gasteiger partial charge in [0.05, 0.1) is 6.04 Å². The van der Waals surface area contributed by atoms with Crippen molar-refractivity contribution in [1.29, 1.82) is 0 Å². The predicted octanol–water partition coefficient (Wildman–Crippen LogP) is 4.34. The number of halogens is 1. The Hall–Kier alpha value is -0.800. The van der Waals surface area contributed by atoms with Crippen LogP contribution in [0.3, 0.4) is 0 Å². The molecular weight excluding hydrogens is 288 g/mol. The summed E-state index contributed by atoms with van der Waals surface area (Å²) in [6.45, 7) is 8.81. The van der Waals surface area contributed by atoms with Crippen LogP contribution < -0.4 is 5.73 Å². The molecule has 0 bridgehead atoms. The van der Waals surface area contributed by atoms with Gasteiger partial charge in [-0.1, -0.05) is 36.7 Å². The predicted molar refractivity (Wildman–Crippen MR) is 81.8 cm³/mol. The van der Waals surface area contributed by atoms with Crippen LogP contribution in [-0.2, 0) is 0 Å². The smallest absolute Gasteiger partial charge is 0.0533 e. The van der Waals surface area contributed by atoms with Crippen LogP contribution >= 0.6 is 15.9 Å². The van der Waals surface area contributed by atoms with Gasteiger partial charge in [-0.2, -0.15) is 0 Å². The maximum absolute atomic E-state index is 6.20. The Labute approximate surface area is 117 Å². The van der Waals surface area contributed by atoms with Crippen LogP contribution in [0.2, 0.25) is 0 Å². The fourth-order valence-electron chi connectivity index (χ4n) is 2.84. The summed E-state index contributed by atoms with van der Waals surface area (Å²) in [7, 11) is 0. The first-order chi connectivity index (χ1) is 8.30. The van der Waals surface area contributed by atoms with E-state index in [1.54, 1.807) is 0 Å². The lowest BCUT2D eigenvalue weighted by molar-refractivity contribution is 0.218. The summed E-state index contributed by atoms with van der Waals surface area (Å²) in [5.74, 6) is 0. The zero-order chi connectivity index (χ0) is 13.5. The van der Waals surface area contributed by atoms with Crippen molar-refractivity contribution in [3.63, 3.8) is 0 Å². The molecule has 2 atom stereocenters. The number of nitrogens with zero attached hydrogens (tertiary/aromatic N) is 1. The van der Waals surface area contributed by atoms with E-state index in [1.165, 1.54) is 10.9 Å². The van der Waals surface area contributed by atoms with Crippen molar-refractivity contribution >= 4 is 26.8 Å². The van der Waals surface area contributed by atoms with Crippen molar-refractivity contribution < 1.29 is 0 Å². The molecule has 0 spiro atoms. The van der Waals surface area contributed by atoms with Crippen LogP contribution in [0.15, 0.2) is 34.9 Å². The lowest BCUT2D eigenvalue weighted by Crippen LogP contribution is -2.37. The fraction of sp³-hybridized carbons (Fsp3) is 0.467. The summed E-state index contributed by atoms with van der Waals surface area (Å²) in [4.78, 5) is 0. The standard InChI is InChI=1S/C15H21BrN2/c1-10(17)14(15(2,3)4)18-8-7-11-9-12(16)5-6-13(11)18/h5-10,14H,17H2,1-4H3. The molecule has 3 heteroatoms. The van der Waals surface area contributed by atoms with Gasteiger partial charge in [-0.25, -0.2) is 0 Å². The van der Waals surface area contributed by atoms with Gasteiger partial charge in [0.15, 0.2) is 0 Å². The first kappa shape index (κ1) is 13.6. The minimum absolute atomic E-state index is 0.115. The van der Waals surface area contributed by atoms with E-state index in [2.05, 4.69) is 78.7 Å². The maximum atomic E-state index is 6.20. The SMILES string of the molecule is CC(N)C(n1ccc2cc(Br)ccc21)C(C)(C)C. The molecule has 0 aliphatic heterocycles. The van der Waals surface area contributed by atoms with E-state index in [-0.39, 0.29) is 17.5 Å². The third-order valence-electron chi connectivity index (χ3n) is 3.37. The molecule has 1 heterocycles. The average Bonchev–Trinajstić information content (AvgIpc) is 2.58. The van der Waals surface area contributed by atoms with Crippen LogP contribution in [0.25, 0.3) is 10.9 Å². The first-order valence-electron chi connectivity index (χ1n) is 6.32. The highest BCUT2D eigenvalue weighted by molar-refractivity contribution is 9.10. The van der Waals surface area contributed by atoms with E-state index in [0.29, 0.717) is 0 Å². The highest BCUT2D eigenvalue weighted by atomic mass is 79.9. The normalized spacial score (nSPS) is 15.9. The molecule has 1 aromatic heterocycles. The van der Waals surface area contributed by atoms with Crippen LogP contribution in [-0.4, -0.2) is 10.6 Å². The monoisotopic (exact) mass is 308 g/mol. The molecule has 2 nitrogen and oxygen atoms in total. The van der Waals surface area contributed by atoms with Gasteiger partial charge in [-0.3, -0.25) is 0 Å². The zero-order valence-corrected chi connectivity index (χ0v) is 13.0. The summed E-state index contributed by atoms with van der Waals surface area (Å²) in [6.07, 6.45) is 2.15. The van der Waals surface area contributed by atoms with E-state index in [1.807, 2.05) is 0 Å². The van der Waals surface area contributed by atoms with Gasteiger partial charge in [0.2, 0.25) is 0 Å². The van der Waals surface area contributed by atoms with E-state index >= 15 is 0 Å². The van der Waals surface area contributed by atoms with Crippen molar-refractivity contribution in [2.75, 3.05) is 0 Å². The molecule has 0 amide bonds. The minimum atomic E-state index is 0.115. The zero-order valence-electron chi connectivity index (χ0n) is 11.4. The fourth-order valence-corrected chi connectivity index (χ4v) is 3.22. The topological polar surface area (TPSA) is 30.9 Å². The second kappa shape index (κ2) is 4.71. The number of rotatable bonds is 2. The van der Waals surface area contributed by atoms with Crippen LogP contribution in [0, 0.1) is 5.41 Å². The van der Waals surface area contributed by atoms with Gasteiger partial charge in [0.25, 0.3) is 0 Å². The average molecular weight is 309 g/mol. The molecule has 2 aromatic rings. The molecule has 0 fully saturated rings. The maximum Gasteiger partial charge on any atom is 0.0533 e. The van der Waals surface area contributed by atoms with Gasteiger partial charge in [0, 0.05) is 27.6 Å².